The number of nitrogens with zero attached hydrogens (tertiary/aromatic N) is 1. The Kier molecular flexibility index (Phi) is 1.30. The van der Waals surface area contributed by atoms with Gasteiger partial charge in [-0.25, -0.2) is 5.32 Å². The standard InChI is InChI=1S/C3NOS2/c5-3-2(6)4-1-7-3. The van der Waals surface area contributed by atoms with Crippen molar-refractivity contribution in [2.75, 3.05) is 0 Å². The minimum Gasteiger partial charge on any atom is -0.279 e. The lowest BCUT2D eigenvalue weighted by Crippen LogP contribution is -2.06. The van der Waals surface area contributed by atoms with Crippen molar-refractivity contribution in [3.63, 3.8) is 0 Å². The van der Waals surface area contributed by atoms with Gasteiger partial charge < -0.3 is 0 Å². The van der Waals surface area contributed by atoms with Crippen LogP contribution in [-0.4, -0.2) is 10.1 Å². The van der Waals surface area contributed by atoms with Crippen molar-refractivity contribution in [3.05, 3.63) is 5.88 Å². The van der Waals surface area contributed by atoms with Gasteiger partial charge in [0.15, 0.2) is 10.9 Å². The highest BCUT2D eigenvalue weighted by Gasteiger charge is 2.19. The molecular weight excluding hydrogens is 130 g/mol. The zero-order valence-corrected chi connectivity index (χ0v) is 4.80. The minimum absolute atomic E-state index is 0.130. The average Bonchev–Trinajstić information content (AvgIpc) is 1.91. The predicted octanol–water partition coefficient (Wildman–Crippen LogP) is 0.188. The molecule has 0 spiro atoms. The number of thioether (sulfide) groups is 1. The number of carbonyl (C=O) groups is 1. The third-order valence-corrected chi connectivity index (χ3v) is 1.43. The molecule has 1 fully saturated rings. The number of carbonyl (C=O) groups excluding carboxylic acids is 1. The summed E-state index contributed by atoms with van der Waals surface area (Å²) >= 11 is 5.35. The van der Waals surface area contributed by atoms with E-state index in [0.29, 0.717) is 0 Å². The molecule has 0 bridgehead atoms. The van der Waals surface area contributed by atoms with Crippen LogP contribution in [0.2, 0.25) is 0 Å². The second-order valence-corrected chi connectivity index (χ2v) is 2.04. The van der Waals surface area contributed by atoms with E-state index in [1.54, 1.807) is 0 Å². The lowest BCUT2D eigenvalue weighted by Gasteiger charge is -1.75. The predicted molar refractivity (Wildman–Crippen MR) is 30.6 cm³/mol. The summed E-state index contributed by atoms with van der Waals surface area (Å²) in [5.74, 6) is 2.37. The topological polar surface area (TPSA) is 31.2 Å². The average molecular weight is 130 g/mol. The molecule has 1 aliphatic rings. The lowest BCUT2D eigenvalue weighted by atomic mass is 10.7. The molecule has 1 heterocycles. The maximum absolute atomic E-state index is 10.2. The number of rotatable bonds is 0. The molecule has 0 aromatic rings. The Morgan fingerprint density at radius 2 is 2.57 bits per heavy atom. The quantitative estimate of drug-likeness (QED) is 0.438. The van der Waals surface area contributed by atoms with Gasteiger partial charge in [0.05, 0.1) is 0 Å². The van der Waals surface area contributed by atoms with Crippen LogP contribution in [0.15, 0.2) is 0 Å². The molecule has 0 saturated carbocycles. The van der Waals surface area contributed by atoms with Gasteiger partial charge in [-0.05, 0) is 11.8 Å². The monoisotopic (exact) mass is 130 g/mol. The van der Waals surface area contributed by atoms with E-state index in [9.17, 15) is 4.79 Å². The molecule has 1 saturated heterocycles. The Morgan fingerprint density at radius 3 is 2.71 bits per heavy atom. The summed E-state index contributed by atoms with van der Waals surface area (Å²) in [5, 5.41) is 3.24. The molecule has 3 radical (unpaired) electrons. The summed E-state index contributed by atoms with van der Waals surface area (Å²) in [6, 6.07) is 0. The van der Waals surface area contributed by atoms with Gasteiger partial charge in [0, 0.05) is 0 Å². The molecule has 0 amide bonds. The highest BCUT2D eigenvalue weighted by Crippen LogP contribution is 2.13. The van der Waals surface area contributed by atoms with Crippen LogP contribution in [0.25, 0.3) is 0 Å². The smallest absolute Gasteiger partial charge is 0.250 e. The van der Waals surface area contributed by atoms with E-state index in [4.69, 9.17) is 0 Å². The van der Waals surface area contributed by atoms with Gasteiger partial charge in [-0.1, -0.05) is 12.2 Å². The first-order valence-electron chi connectivity index (χ1n) is 1.51. The highest BCUT2D eigenvalue weighted by molar-refractivity contribution is 8.19. The Balaban J connectivity index is 2.65. The van der Waals surface area contributed by atoms with Crippen molar-refractivity contribution in [2.24, 2.45) is 0 Å². The van der Waals surface area contributed by atoms with E-state index in [0.717, 1.165) is 11.8 Å². The van der Waals surface area contributed by atoms with E-state index >= 15 is 0 Å². The van der Waals surface area contributed by atoms with Gasteiger partial charge in [-0.3, -0.25) is 4.79 Å². The van der Waals surface area contributed by atoms with Crippen LogP contribution in [0.4, 0.5) is 0 Å². The number of hydrogen-bond donors (Lipinski definition) is 0. The molecule has 0 unspecified atom stereocenters. The molecule has 0 aromatic carbocycles. The second-order valence-electron chi connectivity index (χ2n) is 0.898. The maximum atomic E-state index is 10.2. The summed E-state index contributed by atoms with van der Waals surface area (Å²) in [4.78, 5) is 10.4. The number of thiocarbonyl (C=S) groups is 1. The molecule has 35 valence electrons. The van der Waals surface area contributed by atoms with Crippen LogP contribution in [0.1, 0.15) is 0 Å². The van der Waals surface area contributed by atoms with Crippen molar-refractivity contribution >= 4 is 34.1 Å². The molecule has 0 aromatic heterocycles. The Bertz CT molecular complexity index is 108. The van der Waals surface area contributed by atoms with Gasteiger partial charge in [-0.15, -0.1) is 0 Å². The van der Waals surface area contributed by atoms with E-state index in [-0.39, 0.29) is 10.1 Å². The summed E-state index contributed by atoms with van der Waals surface area (Å²) in [6.45, 7) is 0. The molecular formula is C3NOS2. The minimum atomic E-state index is -0.171. The lowest BCUT2D eigenvalue weighted by molar-refractivity contribution is -0.105. The SMILES string of the molecule is O=C1S[C][N]C1=S. The molecule has 0 aliphatic carbocycles. The van der Waals surface area contributed by atoms with Gasteiger partial charge in [0.2, 0.25) is 0 Å². The van der Waals surface area contributed by atoms with Crippen LogP contribution >= 0.6 is 24.0 Å². The molecule has 7 heavy (non-hydrogen) atoms. The number of hydrogen-bond acceptors (Lipinski definition) is 3. The fourth-order valence-electron chi connectivity index (χ4n) is 0.195. The molecule has 0 atom stereocenters. The van der Waals surface area contributed by atoms with Crippen molar-refractivity contribution in [2.45, 2.75) is 0 Å². The fourth-order valence-corrected chi connectivity index (χ4v) is 0.776. The fraction of sp³-hybridized carbons (Fsp3) is 0. The van der Waals surface area contributed by atoms with E-state index < -0.39 is 0 Å². The van der Waals surface area contributed by atoms with Crippen molar-refractivity contribution in [3.8, 4) is 0 Å². The summed E-state index contributed by atoms with van der Waals surface area (Å²) in [7, 11) is 0. The maximum Gasteiger partial charge on any atom is 0.250 e. The van der Waals surface area contributed by atoms with E-state index in [1.807, 2.05) is 0 Å². The summed E-state index contributed by atoms with van der Waals surface area (Å²) in [6.07, 6.45) is 0. The van der Waals surface area contributed by atoms with Crippen LogP contribution in [0, 0.1) is 5.88 Å². The summed E-state index contributed by atoms with van der Waals surface area (Å²) < 4.78 is 0. The van der Waals surface area contributed by atoms with Crippen LogP contribution in [-0.2, 0) is 4.79 Å². The first kappa shape index (κ1) is 5.05. The molecule has 2 nitrogen and oxygen atoms in total. The van der Waals surface area contributed by atoms with Gasteiger partial charge in [0.1, 0.15) is 0 Å². The van der Waals surface area contributed by atoms with Crippen LogP contribution in [0.3, 0.4) is 0 Å². The Morgan fingerprint density at radius 1 is 1.86 bits per heavy atom. The van der Waals surface area contributed by atoms with E-state index in [2.05, 4.69) is 23.4 Å². The van der Waals surface area contributed by atoms with Crippen LogP contribution in [0.5, 0.6) is 0 Å². The first-order chi connectivity index (χ1) is 3.30. The molecule has 4 heteroatoms. The zero-order chi connectivity index (χ0) is 5.28. The molecule has 1 rings (SSSR count). The van der Waals surface area contributed by atoms with E-state index in [1.165, 1.54) is 0 Å². The van der Waals surface area contributed by atoms with Crippen molar-refractivity contribution < 1.29 is 4.79 Å². The van der Waals surface area contributed by atoms with Crippen molar-refractivity contribution in [1.82, 2.24) is 5.32 Å². The third-order valence-electron chi connectivity index (χ3n) is 0.460. The van der Waals surface area contributed by atoms with Gasteiger partial charge in [-0.2, -0.15) is 0 Å². The van der Waals surface area contributed by atoms with Gasteiger partial charge in [0.25, 0.3) is 5.12 Å². The van der Waals surface area contributed by atoms with Gasteiger partial charge >= 0.3 is 0 Å². The first-order valence-corrected chi connectivity index (χ1v) is 2.74. The highest BCUT2D eigenvalue weighted by atomic mass is 32.2. The largest absolute Gasteiger partial charge is 0.279 e. The molecule has 0 N–H and O–H groups in total. The van der Waals surface area contributed by atoms with Crippen LogP contribution < -0.4 is 5.32 Å². The Hall–Kier alpha value is -0.0900. The Labute approximate surface area is 50.7 Å². The summed E-state index contributed by atoms with van der Waals surface area (Å²) in [5.41, 5.74) is 0. The van der Waals surface area contributed by atoms with Crippen molar-refractivity contribution in [1.29, 1.82) is 0 Å². The molecule has 1 aliphatic heterocycles. The third kappa shape index (κ3) is 0.920. The second kappa shape index (κ2) is 1.79. The zero-order valence-electron chi connectivity index (χ0n) is 3.17. The normalized spacial score (nSPS) is 20.0.